The van der Waals surface area contributed by atoms with Crippen LogP contribution in [-0.2, 0) is 6.18 Å². The van der Waals surface area contributed by atoms with Crippen molar-refractivity contribution in [3.8, 4) is 11.3 Å². The lowest BCUT2D eigenvalue weighted by molar-refractivity contribution is -0.137. The first kappa shape index (κ1) is 20.5. The van der Waals surface area contributed by atoms with Gasteiger partial charge in [-0.1, -0.05) is 12.1 Å². The molecule has 2 amide bonds. The first-order valence-corrected chi connectivity index (χ1v) is 9.14. The van der Waals surface area contributed by atoms with E-state index in [0.717, 1.165) is 24.4 Å². The molecular weight excluding hydrogens is 416 g/mol. The van der Waals surface area contributed by atoms with E-state index in [1.807, 2.05) is 0 Å². The zero-order chi connectivity index (χ0) is 22.2. The number of Topliss-reactive ketones (excluding diaryl/α,β-unsaturated/α-hetero) is 1. The number of aromatic nitrogens is 2. The molecule has 0 radical (unpaired) electrons. The standard InChI is InChI=1S/C21H14F4N4O2/c22-14-4-7-18(26-11-14)28-20(31)29-9-8-17(30)15-5-6-16(27-19(15)29)12-2-1-3-13(10-12)21(23,24)25/h1-7,10-11H,8-9H2,(H,26,28,31). The summed E-state index contributed by atoms with van der Waals surface area (Å²) >= 11 is 0. The number of carbonyl (C=O) groups excluding carboxylic acids is 2. The molecule has 0 aliphatic carbocycles. The van der Waals surface area contributed by atoms with Crippen LogP contribution in [0.3, 0.4) is 0 Å². The van der Waals surface area contributed by atoms with E-state index in [9.17, 15) is 27.2 Å². The quantitative estimate of drug-likeness (QED) is 0.586. The average Bonchev–Trinajstić information content (AvgIpc) is 2.75. The summed E-state index contributed by atoms with van der Waals surface area (Å²) in [5.41, 5.74) is -0.282. The number of nitrogens with one attached hydrogen (secondary N) is 1. The van der Waals surface area contributed by atoms with Crippen LogP contribution in [0.15, 0.2) is 54.7 Å². The molecule has 1 N–H and O–H groups in total. The predicted octanol–water partition coefficient (Wildman–Crippen LogP) is 4.93. The Balaban J connectivity index is 1.69. The molecule has 1 aromatic carbocycles. The molecule has 3 aromatic rings. The first-order chi connectivity index (χ1) is 14.7. The fraction of sp³-hybridized carbons (Fsp3) is 0.143. The van der Waals surface area contributed by atoms with E-state index in [2.05, 4.69) is 15.3 Å². The van der Waals surface area contributed by atoms with Gasteiger partial charge < -0.3 is 0 Å². The number of amides is 2. The second-order valence-electron chi connectivity index (χ2n) is 6.76. The van der Waals surface area contributed by atoms with E-state index in [4.69, 9.17) is 0 Å². The molecule has 158 valence electrons. The number of carbonyl (C=O) groups is 2. The highest BCUT2D eigenvalue weighted by Gasteiger charge is 2.32. The summed E-state index contributed by atoms with van der Waals surface area (Å²) < 4.78 is 52.2. The van der Waals surface area contributed by atoms with E-state index in [0.29, 0.717) is 0 Å². The van der Waals surface area contributed by atoms with Crippen LogP contribution < -0.4 is 10.2 Å². The lowest BCUT2D eigenvalue weighted by atomic mass is 10.0. The number of nitrogens with zero attached hydrogens (tertiary/aromatic N) is 3. The summed E-state index contributed by atoms with van der Waals surface area (Å²) in [6.45, 7) is 0.0257. The van der Waals surface area contributed by atoms with Crippen molar-refractivity contribution in [1.82, 2.24) is 9.97 Å². The highest BCUT2D eigenvalue weighted by Crippen LogP contribution is 2.33. The Hall–Kier alpha value is -3.82. The summed E-state index contributed by atoms with van der Waals surface area (Å²) in [6.07, 6.45) is -3.52. The maximum Gasteiger partial charge on any atom is 0.416 e. The molecule has 0 atom stereocenters. The lowest BCUT2D eigenvalue weighted by Gasteiger charge is -2.28. The zero-order valence-corrected chi connectivity index (χ0v) is 15.8. The van der Waals surface area contributed by atoms with Gasteiger partial charge in [-0.05, 0) is 36.4 Å². The Morgan fingerprint density at radius 3 is 2.61 bits per heavy atom. The molecule has 0 saturated carbocycles. The normalized spacial score (nSPS) is 13.7. The van der Waals surface area contributed by atoms with Crippen molar-refractivity contribution < 1.29 is 27.2 Å². The van der Waals surface area contributed by atoms with Crippen molar-refractivity contribution in [3.63, 3.8) is 0 Å². The maximum atomic E-state index is 13.1. The Labute approximate surface area is 173 Å². The number of benzene rings is 1. The van der Waals surface area contributed by atoms with E-state index < -0.39 is 23.6 Å². The first-order valence-electron chi connectivity index (χ1n) is 9.14. The number of ketones is 1. The van der Waals surface area contributed by atoms with Crippen molar-refractivity contribution in [2.45, 2.75) is 12.6 Å². The Kier molecular flexibility index (Phi) is 5.14. The Morgan fingerprint density at radius 2 is 1.90 bits per heavy atom. The van der Waals surface area contributed by atoms with Crippen LogP contribution in [0.1, 0.15) is 22.3 Å². The molecule has 6 nitrogen and oxygen atoms in total. The van der Waals surface area contributed by atoms with Crippen molar-refractivity contribution >= 4 is 23.5 Å². The average molecular weight is 430 g/mol. The summed E-state index contributed by atoms with van der Waals surface area (Å²) in [5.74, 6) is -0.675. The molecule has 0 bridgehead atoms. The SMILES string of the molecule is O=C1CCN(C(=O)Nc2ccc(F)cn2)c2nc(-c3cccc(C(F)(F)F)c3)ccc21. The van der Waals surface area contributed by atoms with E-state index in [1.165, 1.54) is 35.2 Å². The van der Waals surface area contributed by atoms with E-state index in [1.54, 1.807) is 0 Å². The van der Waals surface area contributed by atoms with Gasteiger partial charge >= 0.3 is 12.2 Å². The second kappa shape index (κ2) is 7.78. The van der Waals surface area contributed by atoms with Crippen LogP contribution in [-0.4, -0.2) is 28.3 Å². The molecule has 10 heteroatoms. The van der Waals surface area contributed by atoms with Crippen LogP contribution >= 0.6 is 0 Å². The van der Waals surface area contributed by atoms with Crippen LogP contribution in [0.25, 0.3) is 11.3 Å². The fourth-order valence-corrected chi connectivity index (χ4v) is 3.17. The number of urea groups is 1. The number of pyridine rings is 2. The van der Waals surface area contributed by atoms with Gasteiger partial charge in [0.15, 0.2) is 5.78 Å². The van der Waals surface area contributed by atoms with Crippen molar-refractivity contribution in [2.24, 2.45) is 0 Å². The van der Waals surface area contributed by atoms with Gasteiger partial charge in [-0.2, -0.15) is 13.2 Å². The molecular formula is C21H14F4N4O2. The number of anilines is 2. The third-order valence-electron chi connectivity index (χ3n) is 4.69. The number of fused-ring (bicyclic) bond motifs is 1. The molecule has 3 heterocycles. The van der Waals surface area contributed by atoms with Gasteiger partial charge in [0.25, 0.3) is 0 Å². The van der Waals surface area contributed by atoms with E-state index in [-0.39, 0.29) is 47.2 Å². The smallest absolute Gasteiger partial charge is 0.294 e. The summed E-state index contributed by atoms with van der Waals surface area (Å²) in [6, 6.07) is 9.24. The van der Waals surface area contributed by atoms with Gasteiger partial charge in [-0.3, -0.25) is 15.0 Å². The molecule has 2 aromatic heterocycles. The van der Waals surface area contributed by atoms with Crippen LogP contribution in [0.4, 0.5) is 34.0 Å². The van der Waals surface area contributed by atoms with Gasteiger partial charge in [0.1, 0.15) is 17.5 Å². The topological polar surface area (TPSA) is 75.2 Å². The summed E-state index contributed by atoms with van der Waals surface area (Å²) in [4.78, 5) is 34.3. The van der Waals surface area contributed by atoms with Gasteiger partial charge in [0, 0.05) is 18.5 Å². The number of hydrogen-bond donors (Lipinski definition) is 1. The van der Waals surface area contributed by atoms with Crippen molar-refractivity contribution in [3.05, 3.63) is 71.7 Å². The summed E-state index contributed by atoms with van der Waals surface area (Å²) in [5, 5.41) is 2.49. The molecule has 1 aliphatic rings. The molecule has 0 unspecified atom stereocenters. The van der Waals surface area contributed by atoms with Crippen molar-refractivity contribution in [1.29, 1.82) is 0 Å². The zero-order valence-electron chi connectivity index (χ0n) is 15.8. The second-order valence-corrected chi connectivity index (χ2v) is 6.76. The lowest BCUT2D eigenvalue weighted by Crippen LogP contribution is -2.41. The minimum atomic E-state index is -4.52. The maximum absolute atomic E-state index is 13.1. The minimum absolute atomic E-state index is 0.0257. The summed E-state index contributed by atoms with van der Waals surface area (Å²) in [7, 11) is 0. The number of halogens is 4. The van der Waals surface area contributed by atoms with Crippen LogP contribution in [0.2, 0.25) is 0 Å². The number of hydrogen-bond acceptors (Lipinski definition) is 4. The minimum Gasteiger partial charge on any atom is -0.294 e. The van der Waals surface area contributed by atoms with Gasteiger partial charge in [0.05, 0.1) is 23.0 Å². The molecule has 31 heavy (non-hydrogen) atoms. The third-order valence-corrected chi connectivity index (χ3v) is 4.69. The predicted molar refractivity (Wildman–Crippen MR) is 104 cm³/mol. The Morgan fingerprint density at radius 1 is 1.10 bits per heavy atom. The highest BCUT2D eigenvalue weighted by molar-refractivity contribution is 6.10. The van der Waals surface area contributed by atoms with Crippen LogP contribution in [0.5, 0.6) is 0 Å². The number of rotatable bonds is 2. The highest BCUT2D eigenvalue weighted by atomic mass is 19.4. The molecule has 0 spiro atoms. The third kappa shape index (κ3) is 4.23. The number of alkyl halides is 3. The fourth-order valence-electron chi connectivity index (χ4n) is 3.17. The van der Waals surface area contributed by atoms with Gasteiger partial charge in [-0.15, -0.1) is 0 Å². The molecule has 0 saturated heterocycles. The van der Waals surface area contributed by atoms with E-state index >= 15 is 0 Å². The van der Waals surface area contributed by atoms with Gasteiger partial charge in [-0.25, -0.2) is 19.2 Å². The monoisotopic (exact) mass is 430 g/mol. The molecule has 0 fully saturated rings. The largest absolute Gasteiger partial charge is 0.416 e. The molecule has 4 rings (SSSR count). The van der Waals surface area contributed by atoms with Crippen LogP contribution in [0, 0.1) is 5.82 Å². The molecule has 1 aliphatic heterocycles. The van der Waals surface area contributed by atoms with Crippen molar-refractivity contribution in [2.75, 3.05) is 16.8 Å². The Bertz CT molecular complexity index is 1160. The van der Waals surface area contributed by atoms with Gasteiger partial charge in [0.2, 0.25) is 0 Å².